The Morgan fingerprint density at radius 2 is 1.59 bits per heavy atom. The van der Waals surface area contributed by atoms with Gasteiger partial charge in [0.25, 0.3) is 0 Å². The number of aromatic nitrogens is 2. The lowest BCUT2D eigenvalue weighted by Crippen LogP contribution is -2.57. The highest BCUT2D eigenvalue weighted by atomic mass is 16.4. The van der Waals surface area contributed by atoms with Crippen LogP contribution in [-0.2, 0) is 30.4 Å². The summed E-state index contributed by atoms with van der Waals surface area (Å²) in [6.45, 7) is 3.77. The Morgan fingerprint density at radius 3 is 2.13 bits per heavy atom. The van der Waals surface area contributed by atoms with Crippen LogP contribution in [0, 0.1) is 5.92 Å². The third kappa shape index (κ3) is 13.2. The summed E-state index contributed by atoms with van der Waals surface area (Å²) in [5, 5.41) is 25.9. The quantitative estimate of drug-likeness (QED) is 0.0533. The van der Waals surface area contributed by atoms with Crippen molar-refractivity contribution in [1.29, 1.82) is 0 Å². The number of aromatic amines is 1. The predicted octanol–water partition coefficient (Wildman–Crippen LogP) is -2.22. The second kappa shape index (κ2) is 16.6. The number of aliphatic imine (C=N–C) groups is 1. The number of carbonyl (C=O) groups excluding carboxylic acids is 3. The first-order valence-electron chi connectivity index (χ1n) is 12.4. The van der Waals surface area contributed by atoms with E-state index in [1.165, 1.54) is 12.5 Å². The molecule has 0 saturated heterocycles. The first kappa shape index (κ1) is 32.8. The Labute approximate surface area is 225 Å². The van der Waals surface area contributed by atoms with Gasteiger partial charge in [0.2, 0.25) is 17.7 Å². The number of nitrogens with zero attached hydrogens (tertiary/aromatic N) is 2. The molecule has 39 heavy (non-hydrogen) atoms. The lowest BCUT2D eigenvalue weighted by Gasteiger charge is -2.25. The molecule has 0 radical (unpaired) electrons. The van der Waals surface area contributed by atoms with Gasteiger partial charge in [-0.25, -0.2) is 9.78 Å². The van der Waals surface area contributed by atoms with Crippen LogP contribution in [0.1, 0.15) is 51.6 Å². The molecule has 4 unspecified atom stereocenters. The molecule has 16 heteroatoms. The number of imidazole rings is 1. The number of hydrogen-bond acceptors (Lipinski definition) is 8. The number of aliphatic carboxylic acids is 2. The standard InChI is InChI=1S/C23H39N9O7/c1-12(2)8-17(22(38)39)32-20(36)15(4-3-7-28-23(25)26)30-21(37)16(9-13-10-27-11-29-13)31-19(35)14(24)5-6-18(33)34/h10-12,14-17H,3-9,24H2,1-2H3,(H,27,29)(H,30,37)(H,31,35)(H,32,36)(H,33,34)(H,38,39)(H4,25,26,28). The highest BCUT2D eigenvalue weighted by molar-refractivity contribution is 5.94. The van der Waals surface area contributed by atoms with Crippen molar-refractivity contribution in [2.24, 2.45) is 28.1 Å². The maximum absolute atomic E-state index is 13.3. The summed E-state index contributed by atoms with van der Waals surface area (Å²) in [6, 6.07) is -4.76. The summed E-state index contributed by atoms with van der Waals surface area (Å²) in [5.41, 5.74) is 16.9. The van der Waals surface area contributed by atoms with Crippen LogP contribution in [0.25, 0.3) is 0 Å². The van der Waals surface area contributed by atoms with Gasteiger partial charge in [-0.1, -0.05) is 13.8 Å². The average molecular weight is 554 g/mol. The zero-order valence-corrected chi connectivity index (χ0v) is 22.1. The summed E-state index contributed by atoms with van der Waals surface area (Å²) in [7, 11) is 0. The Bertz CT molecular complexity index is 994. The summed E-state index contributed by atoms with van der Waals surface area (Å²) in [6.07, 6.45) is 2.79. The van der Waals surface area contributed by atoms with Crippen LogP contribution >= 0.6 is 0 Å². The lowest BCUT2D eigenvalue weighted by molar-refractivity contribution is -0.143. The topological polar surface area (TPSA) is 281 Å². The van der Waals surface area contributed by atoms with E-state index < -0.39 is 53.8 Å². The molecule has 0 bridgehead atoms. The number of carbonyl (C=O) groups is 5. The Hall–Kier alpha value is -4.21. The molecule has 1 rings (SSSR count). The third-order valence-electron chi connectivity index (χ3n) is 5.52. The van der Waals surface area contributed by atoms with Crippen LogP contribution in [0.4, 0.5) is 0 Å². The zero-order valence-electron chi connectivity index (χ0n) is 22.1. The summed E-state index contributed by atoms with van der Waals surface area (Å²) >= 11 is 0. The van der Waals surface area contributed by atoms with Gasteiger partial charge in [0.15, 0.2) is 5.96 Å². The van der Waals surface area contributed by atoms with Crippen molar-refractivity contribution >= 4 is 35.6 Å². The van der Waals surface area contributed by atoms with Gasteiger partial charge in [-0.15, -0.1) is 0 Å². The predicted molar refractivity (Wildman–Crippen MR) is 140 cm³/mol. The Morgan fingerprint density at radius 1 is 0.974 bits per heavy atom. The molecule has 0 fully saturated rings. The first-order valence-corrected chi connectivity index (χ1v) is 12.4. The number of guanidine groups is 1. The molecule has 1 heterocycles. The smallest absolute Gasteiger partial charge is 0.326 e. The lowest BCUT2D eigenvalue weighted by atomic mass is 10.0. The van der Waals surface area contributed by atoms with Crippen molar-refractivity contribution in [2.45, 2.75) is 76.5 Å². The molecule has 1 aromatic rings. The highest BCUT2D eigenvalue weighted by Crippen LogP contribution is 2.08. The molecule has 0 aliphatic carbocycles. The van der Waals surface area contributed by atoms with Gasteiger partial charge in [0, 0.05) is 31.3 Å². The van der Waals surface area contributed by atoms with Crippen molar-refractivity contribution in [1.82, 2.24) is 25.9 Å². The highest BCUT2D eigenvalue weighted by Gasteiger charge is 2.31. The van der Waals surface area contributed by atoms with Crippen molar-refractivity contribution in [3.63, 3.8) is 0 Å². The normalized spacial score (nSPS) is 13.9. The fourth-order valence-corrected chi connectivity index (χ4v) is 3.52. The Balaban J connectivity index is 3.09. The van der Waals surface area contributed by atoms with Gasteiger partial charge in [0.05, 0.1) is 12.4 Å². The number of nitrogens with one attached hydrogen (secondary N) is 4. The van der Waals surface area contributed by atoms with Crippen LogP contribution in [-0.4, -0.2) is 86.5 Å². The molecule has 3 amide bonds. The van der Waals surface area contributed by atoms with Gasteiger partial charge in [-0.2, -0.15) is 0 Å². The van der Waals surface area contributed by atoms with E-state index in [4.69, 9.17) is 22.3 Å². The minimum atomic E-state index is -1.22. The van der Waals surface area contributed by atoms with E-state index in [1.807, 2.05) is 0 Å². The second-order valence-electron chi connectivity index (χ2n) is 9.42. The molecule has 0 spiro atoms. The van der Waals surface area contributed by atoms with E-state index in [-0.39, 0.29) is 56.9 Å². The second-order valence-corrected chi connectivity index (χ2v) is 9.42. The fourth-order valence-electron chi connectivity index (χ4n) is 3.52. The number of H-pyrrole nitrogens is 1. The summed E-state index contributed by atoms with van der Waals surface area (Å²) in [5.74, 6) is -4.76. The molecule has 218 valence electrons. The molecule has 12 N–H and O–H groups in total. The maximum atomic E-state index is 13.3. The van der Waals surface area contributed by atoms with E-state index in [0.717, 1.165) is 0 Å². The minimum absolute atomic E-state index is 0.0272. The van der Waals surface area contributed by atoms with Crippen LogP contribution < -0.4 is 33.2 Å². The molecule has 1 aromatic heterocycles. The maximum Gasteiger partial charge on any atom is 0.326 e. The first-order chi connectivity index (χ1) is 18.3. The van der Waals surface area contributed by atoms with Gasteiger partial charge >= 0.3 is 11.9 Å². The number of hydrogen-bond donors (Lipinski definition) is 9. The van der Waals surface area contributed by atoms with E-state index >= 15 is 0 Å². The van der Waals surface area contributed by atoms with E-state index in [2.05, 4.69) is 30.9 Å². The monoisotopic (exact) mass is 553 g/mol. The molecular formula is C23H39N9O7. The van der Waals surface area contributed by atoms with Crippen molar-refractivity contribution in [3.8, 4) is 0 Å². The van der Waals surface area contributed by atoms with Crippen LogP contribution in [0.3, 0.4) is 0 Å². The zero-order chi connectivity index (χ0) is 29.5. The molecule has 0 saturated carbocycles. The van der Waals surface area contributed by atoms with Crippen LogP contribution in [0.2, 0.25) is 0 Å². The van der Waals surface area contributed by atoms with Crippen molar-refractivity contribution < 1.29 is 34.2 Å². The van der Waals surface area contributed by atoms with Crippen LogP contribution in [0.5, 0.6) is 0 Å². The Kier molecular flexibility index (Phi) is 14.0. The molecule has 0 aliphatic rings. The number of amides is 3. The van der Waals surface area contributed by atoms with E-state index in [9.17, 15) is 29.1 Å². The molecule has 0 aromatic carbocycles. The summed E-state index contributed by atoms with van der Waals surface area (Å²) < 4.78 is 0. The molecular weight excluding hydrogens is 514 g/mol. The van der Waals surface area contributed by atoms with Gasteiger partial charge in [-0.05, 0) is 31.6 Å². The van der Waals surface area contributed by atoms with E-state index in [0.29, 0.717) is 5.69 Å². The van der Waals surface area contributed by atoms with Crippen molar-refractivity contribution in [2.75, 3.05) is 6.54 Å². The largest absolute Gasteiger partial charge is 0.481 e. The van der Waals surface area contributed by atoms with Crippen LogP contribution in [0.15, 0.2) is 17.5 Å². The fraction of sp³-hybridized carbons (Fsp3) is 0.609. The average Bonchev–Trinajstić information content (AvgIpc) is 3.35. The number of carboxylic acid groups (broad SMARTS) is 2. The van der Waals surface area contributed by atoms with Gasteiger partial charge in [0.1, 0.15) is 18.1 Å². The van der Waals surface area contributed by atoms with Gasteiger partial charge in [-0.3, -0.25) is 24.2 Å². The van der Waals surface area contributed by atoms with E-state index in [1.54, 1.807) is 13.8 Å². The number of nitrogens with two attached hydrogens (primary N) is 3. The summed E-state index contributed by atoms with van der Waals surface area (Å²) in [4.78, 5) is 72.0. The third-order valence-corrected chi connectivity index (χ3v) is 5.52. The molecule has 16 nitrogen and oxygen atoms in total. The number of rotatable bonds is 18. The molecule has 0 aliphatic heterocycles. The van der Waals surface area contributed by atoms with Gasteiger partial charge < -0.3 is 48.3 Å². The molecule has 4 atom stereocenters. The SMILES string of the molecule is CC(C)CC(NC(=O)C(CCCN=C(N)N)NC(=O)C(Cc1cnc[nH]1)NC(=O)C(N)CCC(=O)O)C(=O)O. The van der Waals surface area contributed by atoms with Crippen molar-refractivity contribution in [3.05, 3.63) is 18.2 Å². The minimum Gasteiger partial charge on any atom is -0.481 e. The number of carboxylic acids is 2.